The van der Waals surface area contributed by atoms with Crippen LogP contribution in [0.1, 0.15) is 32.3 Å². The van der Waals surface area contributed by atoms with Crippen LogP contribution in [0.3, 0.4) is 0 Å². The topological polar surface area (TPSA) is 64.6 Å². The van der Waals surface area contributed by atoms with E-state index in [0.29, 0.717) is 5.75 Å². The van der Waals surface area contributed by atoms with Gasteiger partial charge in [-0.3, -0.25) is 4.79 Å². The van der Waals surface area contributed by atoms with Crippen LogP contribution >= 0.6 is 15.9 Å². The summed E-state index contributed by atoms with van der Waals surface area (Å²) >= 11 is 3.36. The van der Waals surface area contributed by atoms with Gasteiger partial charge in [0.25, 0.3) is 5.91 Å². The molecule has 1 unspecified atom stereocenters. The van der Waals surface area contributed by atoms with Gasteiger partial charge >= 0.3 is 5.97 Å². The third kappa shape index (κ3) is 7.32. The molecule has 0 aliphatic heterocycles. The zero-order valence-electron chi connectivity index (χ0n) is 13.6. The van der Waals surface area contributed by atoms with E-state index in [1.807, 2.05) is 26.0 Å². The first-order valence-electron chi connectivity index (χ1n) is 7.44. The fourth-order valence-electron chi connectivity index (χ4n) is 2.00. The Labute approximate surface area is 145 Å². The molecule has 6 heteroatoms. The van der Waals surface area contributed by atoms with Crippen LogP contribution in [0.4, 0.5) is 0 Å². The van der Waals surface area contributed by atoms with Crippen molar-refractivity contribution in [2.75, 3.05) is 13.7 Å². The molecule has 1 rings (SSSR count). The number of rotatable bonds is 8. The van der Waals surface area contributed by atoms with Crippen molar-refractivity contribution < 1.29 is 19.1 Å². The summed E-state index contributed by atoms with van der Waals surface area (Å²) in [6, 6.07) is 5.53. The minimum absolute atomic E-state index is 0.0766. The van der Waals surface area contributed by atoms with E-state index in [-0.39, 0.29) is 18.6 Å². The highest BCUT2D eigenvalue weighted by molar-refractivity contribution is 9.10. The summed E-state index contributed by atoms with van der Waals surface area (Å²) in [6.45, 7) is 3.68. The number of methoxy groups -OCH3 is 1. The van der Waals surface area contributed by atoms with Crippen LogP contribution in [-0.2, 0) is 14.3 Å². The van der Waals surface area contributed by atoms with Gasteiger partial charge in [0.05, 0.1) is 7.11 Å². The second-order valence-electron chi connectivity index (χ2n) is 5.08. The number of hydrogen-bond acceptors (Lipinski definition) is 4. The highest BCUT2D eigenvalue weighted by Gasteiger charge is 2.08. The SMILES string of the molecule is CCCC(C)NC(=O)COC(=O)/C=C/c1cc(Br)ccc1OC. The standard InChI is InChI=1S/C17H22BrNO4/c1-4-5-12(2)19-16(20)11-23-17(21)9-6-13-10-14(18)7-8-15(13)22-3/h6-10,12H,4-5,11H2,1-3H3,(H,19,20)/b9-6+. The molecule has 1 atom stereocenters. The molecule has 0 saturated carbocycles. The minimum atomic E-state index is -0.578. The molecule has 0 aliphatic rings. The van der Waals surface area contributed by atoms with Gasteiger partial charge in [-0.25, -0.2) is 4.79 Å². The van der Waals surface area contributed by atoms with Crippen molar-refractivity contribution >= 4 is 33.9 Å². The summed E-state index contributed by atoms with van der Waals surface area (Å²) in [4.78, 5) is 23.3. The Bertz CT molecular complexity index is 572. The molecule has 1 aromatic carbocycles. The largest absolute Gasteiger partial charge is 0.496 e. The molecular formula is C17H22BrNO4. The average molecular weight is 384 g/mol. The monoisotopic (exact) mass is 383 g/mol. The second-order valence-corrected chi connectivity index (χ2v) is 6.00. The number of ether oxygens (including phenoxy) is 2. The van der Waals surface area contributed by atoms with Gasteiger partial charge in [0.15, 0.2) is 6.61 Å². The van der Waals surface area contributed by atoms with Crippen LogP contribution in [-0.4, -0.2) is 31.6 Å². The molecule has 0 bridgehead atoms. The molecule has 0 aromatic heterocycles. The zero-order valence-corrected chi connectivity index (χ0v) is 15.2. The molecule has 23 heavy (non-hydrogen) atoms. The summed E-state index contributed by atoms with van der Waals surface area (Å²) in [7, 11) is 1.56. The van der Waals surface area contributed by atoms with E-state index in [2.05, 4.69) is 21.2 Å². The van der Waals surface area contributed by atoms with E-state index in [4.69, 9.17) is 9.47 Å². The highest BCUT2D eigenvalue weighted by atomic mass is 79.9. The summed E-state index contributed by atoms with van der Waals surface area (Å²) < 4.78 is 11.0. The van der Waals surface area contributed by atoms with Crippen LogP contribution in [0.5, 0.6) is 5.75 Å². The molecule has 126 valence electrons. The van der Waals surface area contributed by atoms with Gasteiger partial charge in [0, 0.05) is 22.2 Å². The van der Waals surface area contributed by atoms with E-state index in [1.54, 1.807) is 19.3 Å². The number of halogens is 1. The molecule has 0 saturated heterocycles. The maximum Gasteiger partial charge on any atom is 0.331 e. The fourth-order valence-corrected chi connectivity index (χ4v) is 2.38. The number of benzene rings is 1. The van der Waals surface area contributed by atoms with Crippen molar-refractivity contribution in [2.45, 2.75) is 32.7 Å². The normalized spacial score (nSPS) is 12.0. The summed E-state index contributed by atoms with van der Waals surface area (Å²) in [5.41, 5.74) is 0.736. The lowest BCUT2D eigenvalue weighted by molar-refractivity contribution is -0.144. The number of hydrogen-bond donors (Lipinski definition) is 1. The summed E-state index contributed by atoms with van der Waals surface area (Å²) in [5, 5.41) is 2.77. The molecule has 0 spiro atoms. The van der Waals surface area contributed by atoms with E-state index >= 15 is 0 Å². The van der Waals surface area contributed by atoms with Crippen molar-refractivity contribution in [2.24, 2.45) is 0 Å². The maximum atomic E-state index is 11.7. The Hall–Kier alpha value is -1.82. The predicted molar refractivity (Wildman–Crippen MR) is 93.2 cm³/mol. The molecule has 0 heterocycles. The van der Waals surface area contributed by atoms with Gasteiger partial charge in [-0.05, 0) is 37.6 Å². The summed E-state index contributed by atoms with van der Waals surface area (Å²) in [6.07, 6.45) is 4.73. The number of carbonyl (C=O) groups is 2. The molecule has 5 nitrogen and oxygen atoms in total. The first-order chi connectivity index (χ1) is 11.0. The lowest BCUT2D eigenvalue weighted by Gasteiger charge is -2.12. The number of carbonyl (C=O) groups excluding carboxylic acids is 2. The molecule has 0 radical (unpaired) electrons. The number of esters is 1. The molecule has 1 aromatic rings. The maximum absolute atomic E-state index is 11.7. The van der Waals surface area contributed by atoms with Crippen LogP contribution in [0.25, 0.3) is 6.08 Å². The van der Waals surface area contributed by atoms with Gasteiger partial charge < -0.3 is 14.8 Å². The van der Waals surface area contributed by atoms with Gasteiger partial charge in [-0.2, -0.15) is 0 Å². The average Bonchev–Trinajstić information content (AvgIpc) is 2.51. The van der Waals surface area contributed by atoms with Gasteiger partial charge in [-0.15, -0.1) is 0 Å². The van der Waals surface area contributed by atoms with Crippen LogP contribution < -0.4 is 10.1 Å². The Morgan fingerprint density at radius 3 is 2.78 bits per heavy atom. The van der Waals surface area contributed by atoms with Crippen LogP contribution in [0.15, 0.2) is 28.7 Å². The Balaban J connectivity index is 2.50. The first kappa shape index (κ1) is 19.2. The third-order valence-electron chi connectivity index (χ3n) is 3.07. The number of nitrogens with one attached hydrogen (secondary N) is 1. The molecular weight excluding hydrogens is 362 g/mol. The minimum Gasteiger partial charge on any atom is -0.496 e. The van der Waals surface area contributed by atoms with Crippen molar-refractivity contribution in [1.29, 1.82) is 0 Å². The van der Waals surface area contributed by atoms with Crippen molar-refractivity contribution in [3.8, 4) is 5.75 Å². The Kier molecular flexibility index (Phi) is 8.40. The predicted octanol–water partition coefficient (Wildman–Crippen LogP) is 3.32. The molecule has 1 amide bonds. The van der Waals surface area contributed by atoms with Crippen molar-refractivity contribution in [3.63, 3.8) is 0 Å². The van der Waals surface area contributed by atoms with Gasteiger partial charge in [0.2, 0.25) is 0 Å². The van der Waals surface area contributed by atoms with Crippen LogP contribution in [0, 0.1) is 0 Å². The fraction of sp³-hybridized carbons (Fsp3) is 0.412. The molecule has 1 N–H and O–H groups in total. The van der Waals surface area contributed by atoms with E-state index in [0.717, 1.165) is 22.9 Å². The molecule has 0 aliphatic carbocycles. The van der Waals surface area contributed by atoms with Gasteiger partial charge in [-0.1, -0.05) is 29.3 Å². The van der Waals surface area contributed by atoms with Crippen molar-refractivity contribution in [1.82, 2.24) is 5.32 Å². The zero-order chi connectivity index (χ0) is 17.2. The first-order valence-corrected chi connectivity index (χ1v) is 8.23. The van der Waals surface area contributed by atoms with E-state index in [9.17, 15) is 9.59 Å². The number of amides is 1. The molecule has 0 fully saturated rings. The van der Waals surface area contributed by atoms with Crippen LogP contribution in [0.2, 0.25) is 0 Å². The van der Waals surface area contributed by atoms with Gasteiger partial charge in [0.1, 0.15) is 5.75 Å². The second kappa shape index (κ2) is 10.0. The smallest absolute Gasteiger partial charge is 0.331 e. The lowest BCUT2D eigenvalue weighted by atomic mass is 10.2. The Morgan fingerprint density at radius 2 is 2.13 bits per heavy atom. The van der Waals surface area contributed by atoms with Crippen molar-refractivity contribution in [3.05, 3.63) is 34.3 Å². The van der Waals surface area contributed by atoms with E-state index in [1.165, 1.54) is 6.08 Å². The highest BCUT2D eigenvalue weighted by Crippen LogP contribution is 2.24. The summed E-state index contributed by atoms with van der Waals surface area (Å²) in [5.74, 6) is -0.235. The lowest BCUT2D eigenvalue weighted by Crippen LogP contribution is -2.35. The Morgan fingerprint density at radius 1 is 1.39 bits per heavy atom. The quantitative estimate of drug-likeness (QED) is 0.552. The third-order valence-corrected chi connectivity index (χ3v) is 3.56. The van der Waals surface area contributed by atoms with E-state index < -0.39 is 5.97 Å².